The average molecular weight is 470 g/mol. The van der Waals surface area contributed by atoms with Crippen LogP contribution in [0.3, 0.4) is 0 Å². The summed E-state index contributed by atoms with van der Waals surface area (Å²) in [6.45, 7) is 0. The number of aromatic amines is 1. The molecule has 0 spiro atoms. The van der Waals surface area contributed by atoms with Crippen molar-refractivity contribution in [1.29, 1.82) is 5.41 Å². The molecule has 0 aliphatic carbocycles. The van der Waals surface area contributed by atoms with E-state index < -0.39 is 5.56 Å². The smallest absolute Gasteiger partial charge is 0.263 e. The zero-order chi connectivity index (χ0) is 21.1. The molecule has 0 unspecified atom stereocenters. The fourth-order valence-electron chi connectivity index (χ4n) is 2.65. The fraction of sp³-hybridized carbons (Fsp3) is 0.105. The quantitative estimate of drug-likeness (QED) is 0.294. The van der Waals surface area contributed by atoms with Crippen molar-refractivity contribution in [2.24, 2.45) is 0 Å². The van der Waals surface area contributed by atoms with Crippen molar-refractivity contribution in [2.75, 3.05) is 11.6 Å². The number of anilines is 2. The van der Waals surface area contributed by atoms with Crippen LogP contribution in [0.4, 0.5) is 11.5 Å². The molecule has 3 aromatic rings. The maximum absolute atomic E-state index is 12.7. The van der Waals surface area contributed by atoms with Crippen molar-refractivity contribution in [2.45, 2.75) is 6.42 Å². The van der Waals surface area contributed by atoms with Crippen molar-refractivity contribution in [3.63, 3.8) is 0 Å². The third kappa shape index (κ3) is 5.05. The number of thioether (sulfide) groups is 1. The number of benzene rings is 2. The average Bonchev–Trinajstić information content (AvgIpc) is 2.64. The minimum absolute atomic E-state index is 0.0337. The lowest BCUT2D eigenvalue weighted by Crippen LogP contribution is -2.22. The fourth-order valence-corrected chi connectivity index (χ4v) is 3.95. The maximum atomic E-state index is 12.7. The van der Waals surface area contributed by atoms with Gasteiger partial charge in [-0.15, -0.1) is 11.8 Å². The molecule has 1 aromatic heterocycles. The van der Waals surface area contributed by atoms with E-state index in [4.69, 9.17) is 40.2 Å². The molecule has 4 N–H and O–H groups in total. The second-order valence-electron chi connectivity index (χ2n) is 5.99. The second-order valence-corrected chi connectivity index (χ2v) is 8.05. The number of halogens is 3. The van der Waals surface area contributed by atoms with Gasteiger partial charge in [-0.25, -0.2) is 4.98 Å². The number of aromatic nitrogens is 2. The summed E-state index contributed by atoms with van der Waals surface area (Å²) in [5.74, 6) is 0.611. The third-order valence-electron chi connectivity index (χ3n) is 3.93. The number of hydrogen-bond donors (Lipinski definition) is 4. The predicted molar refractivity (Wildman–Crippen MR) is 121 cm³/mol. The highest BCUT2D eigenvalue weighted by molar-refractivity contribution is 8.13. The summed E-state index contributed by atoms with van der Waals surface area (Å²) >= 11 is 19.6. The number of aromatic hydroxyl groups is 1. The van der Waals surface area contributed by atoms with E-state index in [2.05, 4.69) is 15.3 Å². The van der Waals surface area contributed by atoms with Crippen LogP contribution in [0.5, 0.6) is 5.75 Å². The van der Waals surface area contributed by atoms with E-state index in [9.17, 15) is 9.90 Å². The Kier molecular flexibility index (Phi) is 6.74. The third-order valence-corrected chi connectivity index (χ3v) is 5.36. The zero-order valence-corrected chi connectivity index (χ0v) is 18.1. The molecule has 0 saturated carbocycles. The first-order valence-electron chi connectivity index (χ1n) is 8.24. The molecule has 0 radical (unpaired) electrons. The van der Waals surface area contributed by atoms with Gasteiger partial charge in [0.25, 0.3) is 5.56 Å². The lowest BCUT2D eigenvalue weighted by molar-refractivity contribution is 0.474. The molecule has 10 heteroatoms. The Labute approximate surface area is 185 Å². The molecule has 3 rings (SSSR count). The molecule has 0 bridgehead atoms. The summed E-state index contributed by atoms with van der Waals surface area (Å²) in [7, 11) is 0. The highest BCUT2D eigenvalue weighted by Crippen LogP contribution is 2.36. The van der Waals surface area contributed by atoms with Crippen LogP contribution in [0.1, 0.15) is 17.0 Å². The SMILES string of the molecule is CSC(=N)c1c(Nc2c(Cl)cc(Cl)cc2Cl)nc(Cc2cccc(O)c2)[nH]c1=O. The molecule has 0 amide bonds. The molecular weight excluding hydrogens is 455 g/mol. The van der Waals surface area contributed by atoms with Crippen molar-refractivity contribution in [3.05, 3.63) is 78.8 Å². The Morgan fingerprint density at radius 1 is 1.24 bits per heavy atom. The number of H-pyrrole nitrogens is 1. The van der Waals surface area contributed by atoms with Gasteiger partial charge in [0.2, 0.25) is 0 Å². The number of nitrogens with one attached hydrogen (secondary N) is 3. The first-order valence-corrected chi connectivity index (χ1v) is 10.6. The van der Waals surface area contributed by atoms with E-state index in [-0.39, 0.29) is 38.6 Å². The van der Waals surface area contributed by atoms with Gasteiger partial charge in [-0.2, -0.15) is 0 Å². The summed E-state index contributed by atoms with van der Waals surface area (Å²) in [6, 6.07) is 9.66. The number of phenols is 1. The standard InChI is InChI=1S/C19H15Cl3N4O2S/c1-29-17(23)15-18(26-16-12(21)7-10(20)8-13(16)22)24-14(25-19(15)28)6-9-3-2-4-11(27)5-9/h2-5,7-8,23,27H,6H2,1H3,(H2,24,25,26,28). The van der Waals surface area contributed by atoms with Gasteiger partial charge in [-0.3, -0.25) is 10.2 Å². The topological polar surface area (TPSA) is 102 Å². The number of rotatable bonds is 5. The molecule has 0 fully saturated rings. The molecule has 0 atom stereocenters. The molecule has 2 aromatic carbocycles. The first-order chi connectivity index (χ1) is 13.8. The Balaban J connectivity index is 2.09. The highest BCUT2D eigenvalue weighted by atomic mass is 35.5. The monoisotopic (exact) mass is 468 g/mol. The van der Waals surface area contributed by atoms with Crippen molar-refractivity contribution in [1.82, 2.24) is 9.97 Å². The summed E-state index contributed by atoms with van der Waals surface area (Å²) in [5.41, 5.74) is 0.682. The van der Waals surface area contributed by atoms with Gasteiger partial charge < -0.3 is 15.4 Å². The normalized spacial score (nSPS) is 10.8. The molecule has 1 heterocycles. The van der Waals surface area contributed by atoms with Crippen LogP contribution in [0.15, 0.2) is 41.2 Å². The van der Waals surface area contributed by atoms with E-state index in [1.165, 1.54) is 12.1 Å². The van der Waals surface area contributed by atoms with E-state index in [1.54, 1.807) is 30.5 Å². The van der Waals surface area contributed by atoms with Gasteiger partial charge in [0.15, 0.2) is 0 Å². The Hall–Kier alpha value is -2.19. The Bertz CT molecular complexity index is 1130. The van der Waals surface area contributed by atoms with Crippen LogP contribution in [0.2, 0.25) is 15.1 Å². The molecule has 150 valence electrons. The lowest BCUT2D eigenvalue weighted by atomic mass is 10.1. The van der Waals surface area contributed by atoms with Gasteiger partial charge in [-0.05, 0) is 36.1 Å². The summed E-state index contributed by atoms with van der Waals surface area (Å²) in [6.07, 6.45) is 1.96. The van der Waals surface area contributed by atoms with E-state index in [0.717, 1.165) is 17.3 Å². The van der Waals surface area contributed by atoms with Gasteiger partial charge in [0.05, 0.1) is 15.7 Å². The first kappa shape index (κ1) is 21.5. The summed E-state index contributed by atoms with van der Waals surface area (Å²) in [4.78, 5) is 19.9. The van der Waals surface area contributed by atoms with Crippen molar-refractivity contribution >= 4 is 63.1 Å². The van der Waals surface area contributed by atoms with E-state index >= 15 is 0 Å². The minimum Gasteiger partial charge on any atom is -0.508 e. The van der Waals surface area contributed by atoms with Crippen molar-refractivity contribution < 1.29 is 5.11 Å². The number of phenolic OH excluding ortho intramolecular Hbond substituents is 1. The van der Waals surface area contributed by atoms with Crippen LogP contribution in [0.25, 0.3) is 0 Å². The van der Waals surface area contributed by atoms with Crippen LogP contribution in [0, 0.1) is 5.41 Å². The van der Waals surface area contributed by atoms with Gasteiger partial charge in [0, 0.05) is 11.4 Å². The molecule has 29 heavy (non-hydrogen) atoms. The van der Waals surface area contributed by atoms with E-state index in [0.29, 0.717) is 16.5 Å². The van der Waals surface area contributed by atoms with Crippen LogP contribution >= 0.6 is 46.6 Å². The number of nitrogens with zero attached hydrogens (tertiary/aromatic N) is 1. The lowest BCUT2D eigenvalue weighted by Gasteiger charge is -2.15. The van der Waals surface area contributed by atoms with Crippen LogP contribution < -0.4 is 10.9 Å². The Morgan fingerprint density at radius 3 is 2.55 bits per heavy atom. The second kappa shape index (κ2) is 9.09. The molecular formula is C19H15Cl3N4O2S. The zero-order valence-electron chi connectivity index (χ0n) is 15.0. The summed E-state index contributed by atoms with van der Waals surface area (Å²) < 4.78 is 0. The van der Waals surface area contributed by atoms with Crippen LogP contribution in [-0.4, -0.2) is 26.4 Å². The largest absolute Gasteiger partial charge is 0.508 e. The van der Waals surface area contributed by atoms with Gasteiger partial charge in [-0.1, -0.05) is 46.9 Å². The Morgan fingerprint density at radius 2 is 1.93 bits per heavy atom. The van der Waals surface area contributed by atoms with Crippen LogP contribution in [-0.2, 0) is 6.42 Å². The predicted octanol–water partition coefficient (Wildman–Crippen LogP) is 5.46. The number of hydrogen-bond acceptors (Lipinski definition) is 6. The molecule has 6 nitrogen and oxygen atoms in total. The highest BCUT2D eigenvalue weighted by Gasteiger charge is 2.19. The van der Waals surface area contributed by atoms with E-state index in [1.807, 2.05) is 0 Å². The molecule has 0 aliphatic heterocycles. The van der Waals surface area contributed by atoms with Gasteiger partial charge in [0.1, 0.15) is 28.0 Å². The minimum atomic E-state index is -0.474. The van der Waals surface area contributed by atoms with Crippen molar-refractivity contribution in [3.8, 4) is 5.75 Å². The molecule has 0 saturated heterocycles. The maximum Gasteiger partial charge on any atom is 0.263 e. The summed E-state index contributed by atoms with van der Waals surface area (Å²) in [5, 5.41) is 21.7. The molecule has 0 aliphatic rings. The van der Waals surface area contributed by atoms with Gasteiger partial charge >= 0.3 is 0 Å².